The number of hydrogen-bond acceptors (Lipinski definition) is 6. The summed E-state index contributed by atoms with van der Waals surface area (Å²) in [7, 11) is -2.35. The molecule has 0 radical (unpaired) electrons. The molecule has 1 N–H and O–H groups in total. The van der Waals surface area contributed by atoms with Gasteiger partial charge in [0, 0.05) is 6.54 Å². The minimum Gasteiger partial charge on any atom is -0.497 e. The topological polar surface area (TPSA) is 93.0 Å². The van der Waals surface area contributed by atoms with Crippen LogP contribution in [0, 0.1) is 11.8 Å². The zero-order valence-corrected chi connectivity index (χ0v) is 16.2. The van der Waals surface area contributed by atoms with Gasteiger partial charge in [0.25, 0.3) is 0 Å². The lowest BCUT2D eigenvalue weighted by Gasteiger charge is -2.37. The maximum atomic E-state index is 13.4. The van der Waals surface area contributed by atoms with Crippen LogP contribution in [0.2, 0.25) is 0 Å². The molecular formula is C19H19NO5S2. The van der Waals surface area contributed by atoms with Gasteiger partial charge in [0.1, 0.15) is 10.3 Å². The average Bonchev–Trinajstić information content (AvgIpc) is 3.02. The molecule has 1 fully saturated rings. The van der Waals surface area contributed by atoms with Gasteiger partial charge in [-0.05, 0) is 42.7 Å². The molecular weight excluding hydrogens is 386 g/mol. The molecule has 1 aliphatic carbocycles. The van der Waals surface area contributed by atoms with Gasteiger partial charge in [-0.2, -0.15) is 0 Å². The number of allylic oxidation sites excluding steroid dienone is 3. The van der Waals surface area contributed by atoms with Crippen LogP contribution >= 0.6 is 11.8 Å². The van der Waals surface area contributed by atoms with E-state index in [0.29, 0.717) is 18.7 Å². The number of carboxylic acid groups (broad SMARTS) is 1. The first-order valence-corrected chi connectivity index (χ1v) is 11.0. The van der Waals surface area contributed by atoms with Crippen LogP contribution in [0.25, 0.3) is 0 Å². The summed E-state index contributed by atoms with van der Waals surface area (Å²) in [4.78, 5) is 16.8. The van der Waals surface area contributed by atoms with E-state index in [0.717, 1.165) is 5.71 Å². The Morgan fingerprint density at radius 3 is 2.70 bits per heavy atom. The number of thioether (sulfide) groups is 1. The molecule has 1 saturated heterocycles. The second-order valence-electron chi connectivity index (χ2n) is 6.74. The van der Waals surface area contributed by atoms with E-state index >= 15 is 0 Å². The van der Waals surface area contributed by atoms with Crippen molar-refractivity contribution in [1.29, 1.82) is 0 Å². The normalized spacial score (nSPS) is 31.7. The zero-order chi connectivity index (χ0) is 19.2. The van der Waals surface area contributed by atoms with Gasteiger partial charge < -0.3 is 9.84 Å². The third-order valence-corrected chi connectivity index (χ3v) is 9.85. The standard InChI is InChI=1S/C19H19NO5S2/c1-25-12-5-7-13(8-6-12)27(23,24)18-16(17(21)22)14-9-11-20-15-4-2-3-10-19(14,15)26-18/h2-8,10,14,16,18H,9,11H2,1H3,(H,21,22)/t14?,16-,18?,19?/m0/s1. The molecule has 0 saturated carbocycles. The van der Waals surface area contributed by atoms with Crippen LogP contribution in [0.3, 0.4) is 0 Å². The van der Waals surface area contributed by atoms with Gasteiger partial charge in [0.15, 0.2) is 9.84 Å². The van der Waals surface area contributed by atoms with Gasteiger partial charge in [0.2, 0.25) is 0 Å². The van der Waals surface area contributed by atoms with Gasteiger partial charge in [0.05, 0.1) is 28.4 Å². The molecule has 2 aliphatic heterocycles. The van der Waals surface area contributed by atoms with Gasteiger partial charge >= 0.3 is 5.97 Å². The summed E-state index contributed by atoms with van der Waals surface area (Å²) in [5.74, 6) is -1.84. The van der Waals surface area contributed by atoms with E-state index in [1.165, 1.54) is 31.0 Å². The van der Waals surface area contributed by atoms with Crippen LogP contribution in [-0.2, 0) is 14.6 Å². The van der Waals surface area contributed by atoms with Gasteiger partial charge in [-0.15, -0.1) is 11.8 Å². The molecule has 4 atom stereocenters. The van der Waals surface area contributed by atoms with Crippen molar-refractivity contribution in [2.75, 3.05) is 13.7 Å². The van der Waals surface area contributed by atoms with Crippen molar-refractivity contribution in [3.63, 3.8) is 0 Å². The van der Waals surface area contributed by atoms with E-state index < -0.39 is 31.1 Å². The first kappa shape index (κ1) is 18.3. The van der Waals surface area contributed by atoms with Crippen molar-refractivity contribution in [1.82, 2.24) is 0 Å². The quantitative estimate of drug-likeness (QED) is 0.828. The number of carbonyl (C=O) groups is 1. The lowest BCUT2D eigenvalue weighted by Crippen LogP contribution is -2.44. The molecule has 8 heteroatoms. The molecule has 6 nitrogen and oxygen atoms in total. The van der Waals surface area contributed by atoms with Crippen LogP contribution in [0.5, 0.6) is 5.75 Å². The van der Waals surface area contributed by atoms with E-state index in [1.54, 1.807) is 12.1 Å². The SMILES string of the molecule is COc1ccc(S(=O)(=O)C2SC34C=CC=CC3=NCCC4[C@H]2C(=O)O)cc1. The second kappa shape index (κ2) is 6.53. The number of nitrogens with zero attached hydrogens (tertiary/aromatic N) is 1. The summed E-state index contributed by atoms with van der Waals surface area (Å²) in [6.07, 6.45) is 8.04. The molecule has 4 rings (SSSR count). The first-order chi connectivity index (χ1) is 12.9. The van der Waals surface area contributed by atoms with Crippen molar-refractivity contribution >= 4 is 33.3 Å². The fraction of sp³-hybridized carbons (Fsp3) is 0.368. The summed E-state index contributed by atoms with van der Waals surface area (Å²) in [6, 6.07) is 6.09. The van der Waals surface area contributed by atoms with Gasteiger partial charge in [-0.3, -0.25) is 9.79 Å². The number of hydrogen-bond donors (Lipinski definition) is 1. The number of aliphatic carboxylic acids is 1. The van der Waals surface area contributed by atoms with Crippen LogP contribution in [0.4, 0.5) is 0 Å². The minimum absolute atomic E-state index is 0.107. The summed E-state index contributed by atoms with van der Waals surface area (Å²) < 4.78 is 30.0. The lowest BCUT2D eigenvalue weighted by molar-refractivity contribution is -0.142. The smallest absolute Gasteiger partial charge is 0.309 e. The monoisotopic (exact) mass is 405 g/mol. The van der Waals surface area contributed by atoms with Gasteiger partial charge in [-0.1, -0.05) is 18.2 Å². The van der Waals surface area contributed by atoms with Crippen LogP contribution in [-0.4, -0.2) is 48.2 Å². The average molecular weight is 405 g/mol. The van der Waals surface area contributed by atoms with Gasteiger partial charge in [-0.25, -0.2) is 8.42 Å². The number of benzene rings is 1. The molecule has 3 unspecified atom stereocenters. The highest BCUT2D eigenvalue weighted by atomic mass is 32.3. The Bertz CT molecular complexity index is 964. The molecule has 1 spiro atoms. The predicted molar refractivity (Wildman–Crippen MR) is 104 cm³/mol. The van der Waals surface area contributed by atoms with E-state index in [2.05, 4.69) is 4.99 Å². The predicted octanol–water partition coefficient (Wildman–Crippen LogP) is 2.57. The fourth-order valence-corrected chi connectivity index (χ4v) is 8.60. The Labute approximate surface area is 161 Å². The highest BCUT2D eigenvalue weighted by Crippen LogP contribution is 2.58. The van der Waals surface area contributed by atoms with E-state index in [1.807, 2.05) is 24.3 Å². The highest BCUT2D eigenvalue weighted by Gasteiger charge is 2.62. The zero-order valence-electron chi connectivity index (χ0n) is 14.6. The molecule has 142 valence electrons. The summed E-state index contributed by atoms with van der Waals surface area (Å²) >= 11 is 1.21. The first-order valence-electron chi connectivity index (χ1n) is 8.59. The van der Waals surface area contributed by atoms with Crippen molar-refractivity contribution in [3.8, 4) is 5.75 Å². The third-order valence-electron chi connectivity index (χ3n) is 5.40. The number of methoxy groups -OCH3 is 1. The van der Waals surface area contributed by atoms with Crippen molar-refractivity contribution in [2.45, 2.75) is 20.6 Å². The molecule has 0 bridgehead atoms. The second-order valence-corrected chi connectivity index (χ2v) is 10.5. The Balaban J connectivity index is 1.80. The van der Waals surface area contributed by atoms with Crippen LogP contribution < -0.4 is 4.74 Å². The maximum Gasteiger partial charge on any atom is 0.309 e. The Morgan fingerprint density at radius 2 is 2.04 bits per heavy atom. The van der Waals surface area contributed by atoms with E-state index in [4.69, 9.17) is 4.74 Å². The van der Waals surface area contributed by atoms with Crippen LogP contribution in [0.15, 0.2) is 58.5 Å². The molecule has 2 heterocycles. The number of aliphatic imine (C=N–C) groups is 1. The Kier molecular flexibility index (Phi) is 4.43. The minimum atomic E-state index is -3.86. The molecule has 0 aromatic heterocycles. The third kappa shape index (κ3) is 2.73. The Hall–Kier alpha value is -2.06. The molecule has 3 aliphatic rings. The van der Waals surface area contributed by atoms with Crippen molar-refractivity contribution in [2.24, 2.45) is 16.8 Å². The molecule has 1 aromatic carbocycles. The summed E-state index contributed by atoms with van der Waals surface area (Å²) in [5.41, 5.74) is 0.768. The summed E-state index contributed by atoms with van der Waals surface area (Å²) in [5, 5.41) is 9.92. The van der Waals surface area contributed by atoms with Crippen LogP contribution in [0.1, 0.15) is 6.42 Å². The van der Waals surface area contributed by atoms with E-state index in [-0.39, 0.29) is 10.8 Å². The number of sulfone groups is 1. The number of carboxylic acids is 1. The Morgan fingerprint density at radius 1 is 1.30 bits per heavy atom. The lowest BCUT2D eigenvalue weighted by atomic mass is 9.74. The van der Waals surface area contributed by atoms with Crippen molar-refractivity contribution < 1.29 is 23.1 Å². The maximum absolute atomic E-state index is 13.4. The fourth-order valence-electron chi connectivity index (χ4n) is 4.12. The molecule has 1 aromatic rings. The number of rotatable bonds is 4. The largest absolute Gasteiger partial charge is 0.497 e. The molecule has 27 heavy (non-hydrogen) atoms. The summed E-state index contributed by atoms with van der Waals surface area (Å²) in [6.45, 7) is 0.513. The number of ether oxygens (including phenoxy) is 1. The van der Waals surface area contributed by atoms with Crippen molar-refractivity contribution in [3.05, 3.63) is 48.6 Å². The van der Waals surface area contributed by atoms with E-state index in [9.17, 15) is 18.3 Å². The molecule has 0 amide bonds. The highest BCUT2D eigenvalue weighted by molar-refractivity contribution is 8.15.